The fourth-order valence-corrected chi connectivity index (χ4v) is 2.74. The number of aromatic amines is 1. The lowest BCUT2D eigenvalue weighted by molar-refractivity contribution is 0.588. The number of nitrogens with one attached hydrogen (secondary N) is 1. The SMILES string of the molecule is Cc1ccccc1S(=O)(=O)c1ncc[nH]1. The lowest BCUT2D eigenvalue weighted by Gasteiger charge is -2.03. The first kappa shape index (κ1) is 9.92. The molecule has 1 N–H and O–H groups in total. The quantitative estimate of drug-likeness (QED) is 0.838. The fraction of sp³-hybridized carbons (Fsp3) is 0.100. The second-order valence-corrected chi connectivity index (χ2v) is 5.00. The largest absolute Gasteiger partial charge is 0.335 e. The summed E-state index contributed by atoms with van der Waals surface area (Å²) in [6, 6.07) is 6.84. The Bertz CT molecular complexity index is 559. The molecule has 0 amide bonds. The summed E-state index contributed by atoms with van der Waals surface area (Å²) in [5, 5.41) is -0.0169. The van der Waals surface area contributed by atoms with Gasteiger partial charge < -0.3 is 4.98 Å². The Labute approximate surface area is 87.9 Å². The molecule has 0 fully saturated rings. The van der Waals surface area contributed by atoms with Crippen LogP contribution in [0.1, 0.15) is 5.56 Å². The van der Waals surface area contributed by atoms with Crippen LogP contribution in [0.5, 0.6) is 0 Å². The van der Waals surface area contributed by atoms with Crippen molar-refractivity contribution in [3.63, 3.8) is 0 Å². The molecule has 2 aromatic rings. The van der Waals surface area contributed by atoms with Crippen molar-refractivity contribution in [3.8, 4) is 0 Å². The van der Waals surface area contributed by atoms with Crippen LogP contribution in [-0.4, -0.2) is 18.4 Å². The molecule has 1 aromatic carbocycles. The third kappa shape index (κ3) is 1.66. The highest BCUT2D eigenvalue weighted by molar-refractivity contribution is 7.91. The Balaban J connectivity index is 2.62. The number of aromatic nitrogens is 2. The first-order valence-electron chi connectivity index (χ1n) is 4.42. The highest BCUT2D eigenvalue weighted by Gasteiger charge is 2.21. The first-order valence-corrected chi connectivity index (χ1v) is 5.91. The van der Waals surface area contributed by atoms with E-state index >= 15 is 0 Å². The van der Waals surface area contributed by atoms with E-state index in [1.165, 1.54) is 12.4 Å². The van der Waals surface area contributed by atoms with Gasteiger partial charge in [0.2, 0.25) is 15.0 Å². The maximum Gasteiger partial charge on any atom is 0.240 e. The Kier molecular flexibility index (Phi) is 2.32. The average molecular weight is 222 g/mol. The van der Waals surface area contributed by atoms with Crippen molar-refractivity contribution >= 4 is 9.84 Å². The summed E-state index contributed by atoms with van der Waals surface area (Å²) < 4.78 is 24.0. The predicted octanol–water partition coefficient (Wildman–Crippen LogP) is 1.55. The van der Waals surface area contributed by atoms with Gasteiger partial charge in [0, 0.05) is 12.4 Å². The van der Waals surface area contributed by atoms with Crippen molar-refractivity contribution in [3.05, 3.63) is 42.2 Å². The van der Waals surface area contributed by atoms with Crippen molar-refractivity contribution in [2.45, 2.75) is 17.0 Å². The summed E-state index contributed by atoms with van der Waals surface area (Å²) in [6.45, 7) is 1.76. The zero-order chi connectivity index (χ0) is 10.9. The van der Waals surface area contributed by atoms with Gasteiger partial charge in [0.25, 0.3) is 0 Å². The number of H-pyrrole nitrogens is 1. The Morgan fingerprint density at radius 2 is 2.00 bits per heavy atom. The summed E-state index contributed by atoms with van der Waals surface area (Å²) in [6.07, 6.45) is 2.91. The van der Waals surface area contributed by atoms with Gasteiger partial charge in [0.05, 0.1) is 4.90 Å². The van der Waals surface area contributed by atoms with Gasteiger partial charge in [-0.25, -0.2) is 13.4 Å². The molecule has 1 heterocycles. The molecule has 4 nitrogen and oxygen atoms in total. The van der Waals surface area contributed by atoms with E-state index in [9.17, 15) is 8.42 Å². The zero-order valence-corrected chi connectivity index (χ0v) is 8.95. The van der Waals surface area contributed by atoms with E-state index in [2.05, 4.69) is 9.97 Å². The molecule has 15 heavy (non-hydrogen) atoms. The molecular formula is C10H10N2O2S. The number of sulfone groups is 1. The molecule has 0 aliphatic carbocycles. The van der Waals surface area contributed by atoms with Gasteiger partial charge in [-0.05, 0) is 18.6 Å². The van der Waals surface area contributed by atoms with E-state index in [1.54, 1.807) is 31.2 Å². The van der Waals surface area contributed by atoms with Gasteiger partial charge in [-0.1, -0.05) is 18.2 Å². The number of nitrogens with zero attached hydrogens (tertiary/aromatic N) is 1. The summed E-state index contributed by atoms with van der Waals surface area (Å²) in [4.78, 5) is 6.66. The first-order chi connectivity index (χ1) is 7.12. The van der Waals surface area contributed by atoms with Gasteiger partial charge in [-0.2, -0.15) is 0 Å². The summed E-state index contributed by atoms with van der Waals surface area (Å²) in [5.41, 5.74) is 0.717. The maximum atomic E-state index is 12.0. The molecule has 0 saturated heterocycles. The Morgan fingerprint density at radius 3 is 2.60 bits per heavy atom. The highest BCUT2D eigenvalue weighted by Crippen LogP contribution is 2.20. The molecule has 0 aliphatic rings. The van der Waals surface area contributed by atoms with Crippen LogP contribution in [0, 0.1) is 6.92 Å². The molecule has 0 saturated carbocycles. The van der Waals surface area contributed by atoms with E-state index < -0.39 is 9.84 Å². The standard InChI is InChI=1S/C10H10N2O2S/c1-8-4-2-3-5-9(8)15(13,14)10-11-6-7-12-10/h2-7H,1H3,(H,11,12). The van der Waals surface area contributed by atoms with Gasteiger partial charge >= 0.3 is 0 Å². The molecule has 0 aliphatic heterocycles. The molecular weight excluding hydrogens is 212 g/mol. The van der Waals surface area contributed by atoms with E-state index in [-0.39, 0.29) is 5.16 Å². The number of benzene rings is 1. The van der Waals surface area contributed by atoms with Gasteiger partial charge in [0.1, 0.15) is 0 Å². The van der Waals surface area contributed by atoms with Crippen LogP contribution < -0.4 is 0 Å². The normalized spacial score (nSPS) is 11.5. The van der Waals surface area contributed by atoms with E-state index in [4.69, 9.17) is 0 Å². The van der Waals surface area contributed by atoms with Gasteiger partial charge in [-0.15, -0.1) is 0 Å². The van der Waals surface area contributed by atoms with Crippen molar-refractivity contribution in [2.24, 2.45) is 0 Å². The predicted molar refractivity (Wildman–Crippen MR) is 55.2 cm³/mol. The zero-order valence-electron chi connectivity index (χ0n) is 8.14. The molecule has 0 unspecified atom stereocenters. The summed E-state index contributed by atoms with van der Waals surface area (Å²) in [5.74, 6) is 0. The van der Waals surface area contributed by atoms with Crippen LogP contribution in [0.15, 0.2) is 46.7 Å². The molecule has 5 heteroatoms. The highest BCUT2D eigenvalue weighted by atomic mass is 32.2. The molecule has 0 bridgehead atoms. The minimum Gasteiger partial charge on any atom is -0.335 e. The van der Waals surface area contributed by atoms with Crippen LogP contribution in [0.2, 0.25) is 0 Å². The number of hydrogen-bond donors (Lipinski definition) is 1. The number of rotatable bonds is 2. The third-order valence-electron chi connectivity index (χ3n) is 2.11. The van der Waals surface area contributed by atoms with E-state index in [0.29, 0.717) is 10.5 Å². The van der Waals surface area contributed by atoms with Crippen LogP contribution in [-0.2, 0) is 9.84 Å². The molecule has 2 rings (SSSR count). The fourth-order valence-electron chi connectivity index (χ4n) is 1.36. The second-order valence-electron chi connectivity index (χ2n) is 3.16. The molecule has 0 radical (unpaired) electrons. The van der Waals surface area contributed by atoms with Crippen LogP contribution in [0.3, 0.4) is 0 Å². The van der Waals surface area contributed by atoms with Crippen molar-refractivity contribution in [1.82, 2.24) is 9.97 Å². The molecule has 0 spiro atoms. The third-order valence-corrected chi connectivity index (χ3v) is 3.88. The van der Waals surface area contributed by atoms with Crippen molar-refractivity contribution < 1.29 is 8.42 Å². The van der Waals surface area contributed by atoms with Gasteiger partial charge in [0.15, 0.2) is 0 Å². The average Bonchev–Trinajstić information content (AvgIpc) is 2.71. The van der Waals surface area contributed by atoms with E-state index in [1.807, 2.05) is 0 Å². The number of hydrogen-bond acceptors (Lipinski definition) is 3. The topological polar surface area (TPSA) is 62.8 Å². The second kappa shape index (κ2) is 3.51. The minimum absolute atomic E-state index is 0.0169. The molecule has 78 valence electrons. The van der Waals surface area contributed by atoms with Crippen LogP contribution in [0.4, 0.5) is 0 Å². The van der Waals surface area contributed by atoms with Crippen molar-refractivity contribution in [1.29, 1.82) is 0 Å². The molecule has 1 aromatic heterocycles. The monoisotopic (exact) mass is 222 g/mol. The van der Waals surface area contributed by atoms with Crippen LogP contribution >= 0.6 is 0 Å². The summed E-state index contributed by atoms with van der Waals surface area (Å²) in [7, 11) is -3.49. The van der Waals surface area contributed by atoms with Gasteiger partial charge in [-0.3, -0.25) is 0 Å². The lowest BCUT2D eigenvalue weighted by atomic mass is 10.2. The van der Waals surface area contributed by atoms with E-state index in [0.717, 1.165) is 0 Å². The van der Waals surface area contributed by atoms with Crippen molar-refractivity contribution in [2.75, 3.05) is 0 Å². The lowest BCUT2D eigenvalue weighted by Crippen LogP contribution is -2.05. The Hall–Kier alpha value is -1.62. The smallest absolute Gasteiger partial charge is 0.240 e. The number of imidazole rings is 1. The van der Waals surface area contributed by atoms with Crippen LogP contribution in [0.25, 0.3) is 0 Å². The molecule has 0 atom stereocenters. The minimum atomic E-state index is -3.49. The number of aryl methyl sites for hydroxylation is 1. The maximum absolute atomic E-state index is 12.0. The summed E-state index contributed by atoms with van der Waals surface area (Å²) >= 11 is 0. The Morgan fingerprint density at radius 1 is 1.27 bits per heavy atom.